The molecule has 3 fully saturated rings. The first-order valence-electron chi connectivity index (χ1n) is 12.0. The van der Waals surface area contributed by atoms with Crippen LogP contribution in [0.5, 0.6) is 5.75 Å². The smallest absolute Gasteiger partial charge is 0.253 e. The minimum absolute atomic E-state index is 0.00843. The third-order valence-electron chi connectivity index (χ3n) is 8.40. The highest BCUT2D eigenvalue weighted by molar-refractivity contribution is 6.53. The van der Waals surface area contributed by atoms with Crippen LogP contribution >= 0.6 is 23.2 Å². The number of benzene rings is 1. The third kappa shape index (κ3) is 2.91. The Morgan fingerprint density at radius 3 is 2.26 bits per heavy atom. The molecule has 2 aliphatic carbocycles. The van der Waals surface area contributed by atoms with Crippen molar-refractivity contribution in [3.63, 3.8) is 0 Å². The standard InChI is InChI=1S/C26H28Cl2N2O5/c1-5-8-30-21(32)16-7-6-15-17(18(16)22(30)33)11-25(27)23(34)29(4)24(35)26(25,28)19(15)14-9-12(2)20(31)13(3)10-14/h6,9-10,16-19,31H,5,7-8,11H2,1-4H3/t16-,17+,18-,19-,25+,26-/m0/s1. The average molecular weight is 519 g/mol. The summed E-state index contributed by atoms with van der Waals surface area (Å²) in [5.41, 5.74) is 2.61. The number of carbonyl (C=O) groups excluding carboxylic acids is 4. The largest absolute Gasteiger partial charge is 0.507 e. The average Bonchev–Trinajstić information content (AvgIpc) is 3.13. The van der Waals surface area contributed by atoms with Crippen molar-refractivity contribution in [3.8, 4) is 5.75 Å². The summed E-state index contributed by atoms with van der Waals surface area (Å²) in [6.45, 7) is 5.76. The van der Waals surface area contributed by atoms with Gasteiger partial charge in [-0.3, -0.25) is 29.0 Å². The van der Waals surface area contributed by atoms with Gasteiger partial charge < -0.3 is 5.11 Å². The van der Waals surface area contributed by atoms with Crippen molar-refractivity contribution < 1.29 is 24.3 Å². The van der Waals surface area contributed by atoms with Crippen LogP contribution in [0.2, 0.25) is 0 Å². The van der Waals surface area contributed by atoms with E-state index in [1.165, 1.54) is 11.9 Å². The first kappa shape index (κ1) is 24.3. The second-order valence-corrected chi connectivity index (χ2v) is 11.6. The lowest BCUT2D eigenvalue weighted by Gasteiger charge is -2.51. The van der Waals surface area contributed by atoms with E-state index < -0.39 is 45.2 Å². The predicted octanol–water partition coefficient (Wildman–Crippen LogP) is 3.41. The van der Waals surface area contributed by atoms with Gasteiger partial charge in [0.1, 0.15) is 5.75 Å². The molecule has 2 heterocycles. The Morgan fingerprint density at radius 2 is 1.66 bits per heavy atom. The van der Waals surface area contributed by atoms with Crippen molar-refractivity contribution in [2.45, 2.75) is 55.7 Å². The molecule has 2 aliphatic heterocycles. The summed E-state index contributed by atoms with van der Waals surface area (Å²) in [6.07, 6.45) is 2.92. The number of hydrogen-bond acceptors (Lipinski definition) is 5. The number of likely N-dealkylation sites (tertiary alicyclic amines) is 2. The van der Waals surface area contributed by atoms with Crippen molar-refractivity contribution in [1.29, 1.82) is 0 Å². The first-order chi connectivity index (χ1) is 16.4. The number of phenolic OH excluding ortho intramolecular Hbond substituents is 1. The van der Waals surface area contributed by atoms with Crippen LogP contribution in [-0.2, 0) is 19.2 Å². The molecule has 0 spiro atoms. The van der Waals surface area contributed by atoms with E-state index in [0.29, 0.717) is 36.1 Å². The van der Waals surface area contributed by atoms with Gasteiger partial charge in [-0.1, -0.05) is 30.7 Å². The van der Waals surface area contributed by atoms with E-state index in [2.05, 4.69) is 0 Å². The lowest BCUT2D eigenvalue weighted by Crippen LogP contribution is -2.60. The molecule has 1 aromatic carbocycles. The molecule has 1 N–H and O–H groups in total. The topological polar surface area (TPSA) is 95.0 Å². The number of aromatic hydroxyl groups is 1. The number of allylic oxidation sites excluding steroid dienone is 2. The van der Waals surface area contributed by atoms with Crippen molar-refractivity contribution in [1.82, 2.24) is 9.80 Å². The Hall–Kier alpha value is -2.38. The van der Waals surface area contributed by atoms with Crippen molar-refractivity contribution in [2.75, 3.05) is 13.6 Å². The zero-order valence-electron chi connectivity index (χ0n) is 20.1. The van der Waals surface area contributed by atoms with E-state index in [4.69, 9.17) is 23.2 Å². The monoisotopic (exact) mass is 518 g/mol. The van der Waals surface area contributed by atoms with Crippen LogP contribution in [0.1, 0.15) is 48.8 Å². The summed E-state index contributed by atoms with van der Waals surface area (Å²) in [5, 5.41) is 10.4. The van der Waals surface area contributed by atoms with Crippen LogP contribution in [-0.4, -0.2) is 61.9 Å². The molecule has 0 unspecified atom stereocenters. The number of imide groups is 2. The number of carbonyl (C=O) groups is 4. The highest BCUT2D eigenvalue weighted by Gasteiger charge is 2.75. The number of aryl methyl sites for hydroxylation is 2. The Labute approximate surface area is 214 Å². The molecule has 9 heteroatoms. The lowest BCUT2D eigenvalue weighted by atomic mass is 9.56. The number of rotatable bonds is 3. The molecule has 35 heavy (non-hydrogen) atoms. The summed E-state index contributed by atoms with van der Waals surface area (Å²) >= 11 is 14.3. The third-order valence-corrected chi connectivity index (χ3v) is 9.81. The summed E-state index contributed by atoms with van der Waals surface area (Å²) in [4.78, 5) is 52.2. The van der Waals surface area contributed by atoms with Crippen molar-refractivity contribution in [3.05, 3.63) is 40.5 Å². The van der Waals surface area contributed by atoms with Gasteiger partial charge in [0.15, 0.2) is 9.75 Å². The zero-order valence-corrected chi connectivity index (χ0v) is 21.6. The maximum atomic E-state index is 13.5. The quantitative estimate of drug-likeness (QED) is 0.375. The van der Waals surface area contributed by atoms with Gasteiger partial charge >= 0.3 is 0 Å². The minimum Gasteiger partial charge on any atom is -0.507 e. The SMILES string of the molecule is CCCN1C(=O)[C@H]2[C@H](CC=C3[C@H]2C[C@@]2(Cl)C(=O)N(C)C(=O)[C@@]2(Cl)[C@H]3c2cc(C)c(O)c(C)c2)C1=O. The van der Waals surface area contributed by atoms with Crippen LogP contribution in [0, 0.1) is 31.6 Å². The van der Waals surface area contributed by atoms with Gasteiger partial charge in [0.2, 0.25) is 11.8 Å². The molecule has 4 aliphatic rings. The second kappa shape index (κ2) is 7.81. The number of halogens is 2. The molecule has 0 aromatic heterocycles. The fourth-order valence-electron chi connectivity index (χ4n) is 6.78. The zero-order chi connectivity index (χ0) is 25.6. The number of amides is 4. The fourth-order valence-corrected chi connectivity index (χ4v) is 7.80. The van der Waals surface area contributed by atoms with Gasteiger partial charge in [-0.05, 0) is 55.7 Å². The van der Waals surface area contributed by atoms with Crippen molar-refractivity contribution >= 4 is 46.8 Å². The molecule has 1 saturated carbocycles. The summed E-state index contributed by atoms with van der Waals surface area (Å²) in [7, 11) is 1.37. The summed E-state index contributed by atoms with van der Waals surface area (Å²) in [5.74, 6) is -3.97. The molecule has 0 radical (unpaired) electrons. The Morgan fingerprint density at radius 1 is 1.03 bits per heavy atom. The Bertz CT molecular complexity index is 1210. The van der Waals surface area contributed by atoms with E-state index in [1.807, 2.05) is 13.0 Å². The van der Waals surface area contributed by atoms with E-state index in [9.17, 15) is 24.3 Å². The van der Waals surface area contributed by atoms with E-state index in [1.54, 1.807) is 26.0 Å². The number of hydrogen-bond donors (Lipinski definition) is 1. The van der Waals surface area contributed by atoms with Gasteiger partial charge in [0, 0.05) is 19.5 Å². The normalized spacial score (nSPS) is 36.3. The van der Waals surface area contributed by atoms with E-state index in [-0.39, 0.29) is 24.0 Å². The van der Waals surface area contributed by atoms with Crippen LogP contribution in [0.3, 0.4) is 0 Å². The van der Waals surface area contributed by atoms with E-state index in [0.717, 1.165) is 10.5 Å². The van der Waals surface area contributed by atoms with Gasteiger partial charge in [-0.15, -0.1) is 23.2 Å². The van der Waals surface area contributed by atoms with Crippen LogP contribution in [0.25, 0.3) is 0 Å². The lowest BCUT2D eigenvalue weighted by molar-refractivity contribution is -0.141. The molecule has 0 bridgehead atoms. The number of phenols is 1. The summed E-state index contributed by atoms with van der Waals surface area (Å²) < 4.78 is 0. The molecule has 4 amide bonds. The molecule has 6 atom stereocenters. The molecular weight excluding hydrogens is 491 g/mol. The van der Waals surface area contributed by atoms with Crippen molar-refractivity contribution in [2.24, 2.45) is 17.8 Å². The van der Waals surface area contributed by atoms with Gasteiger partial charge in [0.25, 0.3) is 11.8 Å². The number of fused-ring (bicyclic) bond motifs is 4. The van der Waals surface area contributed by atoms with Crippen LogP contribution < -0.4 is 0 Å². The minimum atomic E-state index is -1.81. The maximum absolute atomic E-state index is 13.5. The Kier molecular flexibility index (Phi) is 5.43. The highest BCUT2D eigenvalue weighted by atomic mass is 35.5. The molecule has 5 rings (SSSR count). The Balaban J connectivity index is 1.73. The first-order valence-corrected chi connectivity index (χ1v) is 12.7. The highest BCUT2D eigenvalue weighted by Crippen LogP contribution is 2.65. The van der Waals surface area contributed by atoms with Crippen LogP contribution in [0.15, 0.2) is 23.8 Å². The summed E-state index contributed by atoms with van der Waals surface area (Å²) in [6, 6.07) is 3.51. The van der Waals surface area contributed by atoms with Gasteiger partial charge in [-0.25, -0.2) is 0 Å². The second-order valence-electron chi connectivity index (χ2n) is 10.3. The molecule has 7 nitrogen and oxygen atoms in total. The van der Waals surface area contributed by atoms with Crippen LogP contribution in [0.4, 0.5) is 0 Å². The van der Waals surface area contributed by atoms with Gasteiger partial charge in [0.05, 0.1) is 11.8 Å². The maximum Gasteiger partial charge on any atom is 0.253 e. The molecule has 2 saturated heterocycles. The van der Waals surface area contributed by atoms with E-state index >= 15 is 0 Å². The number of nitrogens with zero attached hydrogens (tertiary/aromatic N) is 2. The molecule has 186 valence electrons. The fraction of sp³-hybridized carbons (Fsp3) is 0.538. The van der Waals surface area contributed by atoms with Gasteiger partial charge in [-0.2, -0.15) is 0 Å². The molecular formula is C26H28Cl2N2O5. The predicted molar refractivity (Wildman–Crippen MR) is 130 cm³/mol. The number of alkyl halides is 2. The molecule has 1 aromatic rings.